The molecule has 1 aliphatic carbocycles. The van der Waals surface area contributed by atoms with Crippen molar-refractivity contribution in [2.45, 2.75) is 38.1 Å². The van der Waals surface area contributed by atoms with Gasteiger partial charge < -0.3 is 10.1 Å². The van der Waals surface area contributed by atoms with Gasteiger partial charge in [-0.3, -0.25) is 0 Å². The first-order valence-electron chi connectivity index (χ1n) is 6.74. The molecule has 0 bridgehead atoms. The molecule has 0 heterocycles. The van der Waals surface area contributed by atoms with E-state index < -0.39 is 0 Å². The van der Waals surface area contributed by atoms with Crippen LogP contribution in [0.4, 0.5) is 0 Å². The van der Waals surface area contributed by atoms with Crippen molar-refractivity contribution in [3.05, 3.63) is 28.2 Å². The van der Waals surface area contributed by atoms with Crippen LogP contribution in [0.25, 0.3) is 0 Å². The number of aryl methyl sites for hydroxylation is 1. The first-order chi connectivity index (χ1) is 8.74. The molecule has 100 valence electrons. The Hall–Kier alpha value is -0.540. The predicted octanol–water partition coefficient (Wildman–Crippen LogP) is 3.78. The van der Waals surface area contributed by atoms with Crippen LogP contribution in [-0.4, -0.2) is 20.2 Å². The summed E-state index contributed by atoms with van der Waals surface area (Å²) in [6.45, 7) is 0. The average Bonchev–Trinajstić information content (AvgIpc) is 3.19. The number of ether oxygens (including phenoxy) is 1. The van der Waals surface area contributed by atoms with Gasteiger partial charge in [0.05, 0.1) is 7.11 Å². The van der Waals surface area contributed by atoms with Gasteiger partial charge in [-0.1, -0.05) is 15.9 Å². The van der Waals surface area contributed by atoms with E-state index in [-0.39, 0.29) is 0 Å². The summed E-state index contributed by atoms with van der Waals surface area (Å²) in [4.78, 5) is 0. The molecule has 0 aliphatic heterocycles. The van der Waals surface area contributed by atoms with Gasteiger partial charge in [0.1, 0.15) is 5.75 Å². The standard InChI is InChI=1S/C15H22BrNO/c1-17-14(11-6-7-11)5-3-4-12-10-13(16)8-9-15(12)18-2/h8-11,14,17H,3-7H2,1-2H3. The van der Waals surface area contributed by atoms with E-state index in [9.17, 15) is 0 Å². The fourth-order valence-corrected chi connectivity index (χ4v) is 2.98. The molecule has 1 unspecified atom stereocenters. The van der Waals surface area contributed by atoms with E-state index in [1.165, 1.54) is 31.2 Å². The molecular formula is C15H22BrNO. The van der Waals surface area contributed by atoms with Gasteiger partial charge in [0.2, 0.25) is 0 Å². The Labute approximate surface area is 118 Å². The smallest absolute Gasteiger partial charge is 0.122 e. The second-order valence-corrected chi connectivity index (χ2v) is 6.00. The van der Waals surface area contributed by atoms with Crippen LogP contribution < -0.4 is 10.1 Å². The van der Waals surface area contributed by atoms with Crippen molar-refractivity contribution in [1.82, 2.24) is 5.32 Å². The number of nitrogens with one attached hydrogen (secondary N) is 1. The maximum Gasteiger partial charge on any atom is 0.122 e. The largest absolute Gasteiger partial charge is 0.496 e. The third kappa shape index (κ3) is 3.72. The zero-order valence-corrected chi connectivity index (χ0v) is 12.8. The van der Waals surface area contributed by atoms with E-state index in [4.69, 9.17) is 4.74 Å². The van der Waals surface area contributed by atoms with E-state index in [2.05, 4.69) is 34.4 Å². The molecule has 1 aromatic rings. The highest BCUT2D eigenvalue weighted by Crippen LogP contribution is 2.34. The molecule has 1 atom stereocenters. The maximum atomic E-state index is 5.41. The van der Waals surface area contributed by atoms with Crippen molar-refractivity contribution in [1.29, 1.82) is 0 Å². The third-order valence-corrected chi connectivity index (χ3v) is 4.26. The molecule has 0 aromatic heterocycles. The van der Waals surface area contributed by atoms with Crippen LogP contribution in [0.15, 0.2) is 22.7 Å². The fourth-order valence-electron chi connectivity index (χ4n) is 2.57. The summed E-state index contributed by atoms with van der Waals surface area (Å²) in [5.74, 6) is 1.94. The van der Waals surface area contributed by atoms with E-state index in [0.29, 0.717) is 6.04 Å². The predicted molar refractivity (Wildman–Crippen MR) is 79.2 cm³/mol. The second-order valence-electron chi connectivity index (χ2n) is 5.08. The molecule has 1 aliphatic rings. The van der Waals surface area contributed by atoms with Gasteiger partial charge in [0.15, 0.2) is 0 Å². The Morgan fingerprint density at radius 1 is 1.44 bits per heavy atom. The van der Waals surface area contributed by atoms with Gasteiger partial charge in [-0.05, 0) is 68.8 Å². The van der Waals surface area contributed by atoms with Gasteiger partial charge in [0, 0.05) is 10.5 Å². The second kappa shape index (κ2) is 6.58. The number of halogens is 1. The average molecular weight is 312 g/mol. The third-order valence-electron chi connectivity index (χ3n) is 3.77. The van der Waals surface area contributed by atoms with Crippen molar-refractivity contribution in [2.24, 2.45) is 5.92 Å². The Balaban J connectivity index is 1.86. The quantitative estimate of drug-likeness (QED) is 0.827. The lowest BCUT2D eigenvalue weighted by Crippen LogP contribution is -2.27. The SMILES string of the molecule is CNC(CCCc1cc(Br)ccc1OC)C1CC1. The first-order valence-corrected chi connectivity index (χ1v) is 7.53. The van der Waals surface area contributed by atoms with E-state index in [0.717, 1.165) is 22.6 Å². The number of benzene rings is 1. The van der Waals surface area contributed by atoms with Crippen molar-refractivity contribution < 1.29 is 4.74 Å². The monoisotopic (exact) mass is 311 g/mol. The molecule has 3 heteroatoms. The van der Waals surface area contributed by atoms with Gasteiger partial charge in [0.25, 0.3) is 0 Å². The van der Waals surface area contributed by atoms with Gasteiger partial charge in [-0.15, -0.1) is 0 Å². The Morgan fingerprint density at radius 2 is 2.22 bits per heavy atom. The van der Waals surface area contributed by atoms with Crippen molar-refractivity contribution in [3.63, 3.8) is 0 Å². The minimum absolute atomic E-state index is 0.711. The van der Waals surface area contributed by atoms with Crippen molar-refractivity contribution in [2.75, 3.05) is 14.2 Å². The molecule has 2 rings (SSSR count). The zero-order chi connectivity index (χ0) is 13.0. The summed E-state index contributed by atoms with van der Waals surface area (Å²) >= 11 is 3.53. The van der Waals surface area contributed by atoms with Crippen LogP contribution >= 0.6 is 15.9 Å². The topological polar surface area (TPSA) is 21.3 Å². The van der Waals surface area contributed by atoms with Gasteiger partial charge in [-0.2, -0.15) is 0 Å². The maximum absolute atomic E-state index is 5.41. The molecule has 1 aromatic carbocycles. The van der Waals surface area contributed by atoms with Crippen LogP contribution in [0.5, 0.6) is 5.75 Å². The van der Waals surface area contributed by atoms with Crippen molar-refractivity contribution >= 4 is 15.9 Å². The highest BCUT2D eigenvalue weighted by Gasteiger charge is 2.29. The fraction of sp³-hybridized carbons (Fsp3) is 0.600. The lowest BCUT2D eigenvalue weighted by Gasteiger charge is -2.15. The van der Waals surface area contributed by atoms with Crippen LogP contribution in [0, 0.1) is 5.92 Å². The van der Waals surface area contributed by atoms with Crippen molar-refractivity contribution in [3.8, 4) is 5.75 Å². The lowest BCUT2D eigenvalue weighted by atomic mass is 10.0. The molecular weight excluding hydrogens is 290 g/mol. The highest BCUT2D eigenvalue weighted by molar-refractivity contribution is 9.10. The number of hydrogen-bond acceptors (Lipinski definition) is 2. The van der Waals surface area contributed by atoms with Gasteiger partial charge >= 0.3 is 0 Å². The van der Waals surface area contributed by atoms with E-state index in [1.54, 1.807) is 7.11 Å². The van der Waals surface area contributed by atoms with E-state index >= 15 is 0 Å². The minimum atomic E-state index is 0.711. The van der Waals surface area contributed by atoms with E-state index in [1.807, 2.05) is 12.1 Å². The highest BCUT2D eigenvalue weighted by atomic mass is 79.9. The Bertz CT molecular complexity index is 390. The summed E-state index contributed by atoms with van der Waals surface area (Å²) in [6, 6.07) is 6.95. The van der Waals surface area contributed by atoms with Crippen LogP contribution in [0.1, 0.15) is 31.2 Å². The summed E-state index contributed by atoms with van der Waals surface area (Å²) < 4.78 is 6.54. The summed E-state index contributed by atoms with van der Waals surface area (Å²) in [5, 5.41) is 3.45. The van der Waals surface area contributed by atoms with Crippen LogP contribution in [0.3, 0.4) is 0 Å². The zero-order valence-electron chi connectivity index (χ0n) is 11.2. The minimum Gasteiger partial charge on any atom is -0.496 e. The summed E-state index contributed by atoms with van der Waals surface area (Å²) in [7, 11) is 3.83. The number of rotatable bonds is 7. The molecule has 0 radical (unpaired) electrons. The molecule has 18 heavy (non-hydrogen) atoms. The lowest BCUT2D eigenvalue weighted by molar-refractivity contribution is 0.406. The molecule has 2 nitrogen and oxygen atoms in total. The normalized spacial score (nSPS) is 16.6. The Kier molecular flexibility index (Phi) is 5.07. The summed E-state index contributed by atoms with van der Waals surface area (Å²) in [5.41, 5.74) is 1.30. The number of methoxy groups -OCH3 is 1. The summed E-state index contributed by atoms with van der Waals surface area (Å²) in [6.07, 6.45) is 6.39. The molecule has 0 spiro atoms. The molecule has 0 amide bonds. The van der Waals surface area contributed by atoms with Crippen LogP contribution in [0.2, 0.25) is 0 Å². The molecule has 1 fully saturated rings. The Morgan fingerprint density at radius 3 is 2.83 bits per heavy atom. The molecule has 0 saturated heterocycles. The molecule has 1 N–H and O–H groups in total. The number of hydrogen-bond donors (Lipinski definition) is 1. The van der Waals surface area contributed by atoms with Crippen LogP contribution in [-0.2, 0) is 6.42 Å². The first kappa shape index (κ1) is 13.9. The van der Waals surface area contributed by atoms with Gasteiger partial charge in [-0.25, -0.2) is 0 Å². The molecule has 1 saturated carbocycles.